The van der Waals surface area contributed by atoms with Gasteiger partial charge in [-0.3, -0.25) is 4.79 Å². The molecule has 1 aromatic carbocycles. The highest BCUT2D eigenvalue weighted by Gasteiger charge is 2.48. The largest absolute Gasteiger partial charge is 0.444 e. The van der Waals surface area contributed by atoms with Crippen molar-refractivity contribution in [2.45, 2.75) is 71.4 Å². The van der Waals surface area contributed by atoms with Gasteiger partial charge in [0.05, 0.1) is 0 Å². The molecule has 0 radical (unpaired) electrons. The van der Waals surface area contributed by atoms with Gasteiger partial charge in [-0.15, -0.1) is 0 Å². The van der Waals surface area contributed by atoms with E-state index in [-0.39, 0.29) is 5.92 Å². The molecule has 5 heteroatoms. The highest BCUT2D eigenvalue weighted by atomic mass is 16.6. The molecule has 1 heterocycles. The number of nitrogens with one attached hydrogen (secondary N) is 1. The summed E-state index contributed by atoms with van der Waals surface area (Å²) in [6, 6.07) is 8.45. The van der Waals surface area contributed by atoms with Crippen LogP contribution in [0.1, 0.15) is 70.4 Å². The van der Waals surface area contributed by atoms with Crippen LogP contribution in [0, 0.1) is 23.7 Å². The maximum atomic E-state index is 13.2. The Morgan fingerprint density at radius 3 is 2.44 bits per heavy atom. The molecular formula is C27H38N2O3. The number of carbonyl (C=O) groups excluding carboxylic acids is 2. The second-order valence-corrected chi connectivity index (χ2v) is 10.8. The van der Waals surface area contributed by atoms with E-state index < -0.39 is 11.7 Å². The fourth-order valence-electron chi connectivity index (χ4n) is 5.70. The van der Waals surface area contributed by atoms with Crippen LogP contribution in [0.3, 0.4) is 0 Å². The smallest absolute Gasteiger partial charge is 0.407 e. The monoisotopic (exact) mass is 438 g/mol. The van der Waals surface area contributed by atoms with E-state index in [0.29, 0.717) is 36.1 Å². The van der Waals surface area contributed by atoms with Crippen LogP contribution >= 0.6 is 0 Å². The van der Waals surface area contributed by atoms with E-state index in [1.165, 1.54) is 12.0 Å². The number of likely N-dealkylation sites (tertiary alicyclic amines) is 1. The lowest BCUT2D eigenvalue weighted by Gasteiger charge is -2.36. The molecule has 1 saturated carbocycles. The van der Waals surface area contributed by atoms with Gasteiger partial charge >= 0.3 is 6.09 Å². The van der Waals surface area contributed by atoms with Gasteiger partial charge in [0.1, 0.15) is 5.60 Å². The van der Waals surface area contributed by atoms with Gasteiger partial charge in [-0.05, 0) is 74.8 Å². The van der Waals surface area contributed by atoms with Crippen molar-refractivity contribution < 1.29 is 14.3 Å². The van der Waals surface area contributed by atoms with Crippen molar-refractivity contribution in [3.8, 4) is 0 Å². The van der Waals surface area contributed by atoms with Gasteiger partial charge in [-0.2, -0.15) is 0 Å². The standard InChI is InChI=1S/C27H38N2O3/c1-5-19-16-24(23-10-9-22(19)23)25(30)29-13-11-20(12-14-29)21-8-6-7-18(15-21)17-28-26(31)32-27(2,3)4/h6-10,15,19-20,22-24H,5,11-14,16-17H2,1-4H3,(H,28,31). The summed E-state index contributed by atoms with van der Waals surface area (Å²) in [5, 5.41) is 2.84. The molecule has 2 fully saturated rings. The zero-order valence-electron chi connectivity index (χ0n) is 20.0. The average Bonchev–Trinajstić information content (AvgIpc) is 3.00. The Balaban J connectivity index is 1.29. The summed E-state index contributed by atoms with van der Waals surface area (Å²) >= 11 is 0. The van der Waals surface area contributed by atoms with Crippen molar-refractivity contribution in [2.75, 3.05) is 13.1 Å². The number of fused-ring (bicyclic) bond motifs is 1. The average molecular weight is 439 g/mol. The van der Waals surface area contributed by atoms with Gasteiger partial charge in [-0.1, -0.05) is 49.8 Å². The van der Waals surface area contributed by atoms with Crippen molar-refractivity contribution in [1.29, 1.82) is 0 Å². The highest BCUT2D eigenvalue weighted by Crippen LogP contribution is 2.50. The van der Waals surface area contributed by atoms with Crippen LogP contribution in [0.15, 0.2) is 36.4 Å². The van der Waals surface area contributed by atoms with Gasteiger partial charge in [0.15, 0.2) is 0 Å². The summed E-state index contributed by atoms with van der Waals surface area (Å²) < 4.78 is 5.32. The number of benzene rings is 1. The second kappa shape index (κ2) is 9.29. The Morgan fingerprint density at radius 1 is 1.12 bits per heavy atom. The lowest BCUT2D eigenvalue weighted by molar-refractivity contribution is -0.137. The van der Waals surface area contributed by atoms with Crippen molar-refractivity contribution in [3.63, 3.8) is 0 Å². The highest BCUT2D eigenvalue weighted by molar-refractivity contribution is 5.80. The first-order valence-corrected chi connectivity index (χ1v) is 12.3. The molecule has 3 aliphatic rings. The van der Waals surface area contributed by atoms with Gasteiger partial charge in [0, 0.05) is 25.6 Å². The number of rotatable bonds is 5. The van der Waals surface area contributed by atoms with Crippen molar-refractivity contribution >= 4 is 12.0 Å². The maximum absolute atomic E-state index is 13.2. The molecule has 4 atom stereocenters. The lowest BCUT2D eigenvalue weighted by atomic mass is 9.77. The van der Waals surface area contributed by atoms with Gasteiger partial charge in [-0.25, -0.2) is 4.79 Å². The Morgan fingerprint density at radius 2 is 1.84 bits per heavy atom. The zero-order chi connectivity index (χ0) is 22.9. The molecule has 5 nitrogen and oxygen atoms in total. The molecule has 1 aliphatic heterocycles. The Hall–Kier alpha value is -2.30. The molecule has 0 bridgehead atoms. The first-order valence-electron chi connectivity index (χ1n) is 12.3. The number of alkyl carbamates (subject to hydrolysis) is 1. The van der Waals surface area contributed by atoms with Crippen LogP contribution in [0.25, 0.3) is 0 Å². The Kier molecular flexibility index (Phi) is 6.64. The van der Waals surface area contributed by atoms with Crippen molar-refractivity contribution in [3.05, 3.63) is 47.5 Å². The zero-order valence-corrected chi connectivity index (χ0v) is 20.0. The van der Waals surface area contributed by atoms with E-state index in [1.807, 2.05) is 26.8 Å². The SMILES string of the molecule is CCC1CC(C(=O)N2CCC(c3cccc(CNC(=O)OC(C)(C)C)c3)CC2)C2C=CC12. The fourth-order valence-corrected chi connectivity index (χ4v) is 5.70. The van der Waals surface area contributed by atoms with Crippen LogP contribution in [-0.4, -0.2) is 35.6 Å². The molecule has 4 unspecified atom stereocenters. The molecule has 4 rings (SSSR count). The molecule has 0 aromatic heterocycles. The first-order chi connectivity index (χ1) is 15.2. The van der Waals surface area contributed by atoms with Crippen molar-refractivity contribution in [2.24, 2.45) is 23.7 Å². The predicted octanol–water partition coefficient (Wildman–Crippen LogP) is 5.27. The number of ether oxygens (including phenoxy) is 1. The van der Waals surface area contributed by atoms with E-state index in [1.54, 1.807) is 0 Å². The first kappa shape index (κ1) is 22.9. The summed E-state index contributed by atoms with van der Waals surface area (Å²) in [6.07, 6.45) is 8.44. The topological polar surface area (TPSA) is 58.6 Å². The third kappa shape index (κ3) is 5.02. The van der Waals surface area contributed by atoms with Crippen molar-refractivity contribution in [1.82, 2.24) is 10.2 Å². The van der Waals surface area contributed by atoms with E-state index in [0.717, 1.165) is 37.9 Å². The molecule has 1 aromatic rings. The number of nitrogens with zero attached hydrogens (tertiary/aromatic N) is 1. The van der Waals surface area contributed by atoms with Gasteiger partial charge in [0.2, 0.25) is 5.91 Å². The summed E-state index contributed by atoms with van der Waals surface area (Å²) in [7, 11) is 0. The lowest BCUT2D eigenvalue weighted by Crippen LogP contribution is -2.43. The Labute approximate surface area is 192 Å². The number of allylic oxidation sites excluding steroid dienone is 2. The van der Waals surface area contributed by atoms with Crippen LogP contribution < -0.4 is 5.32 Å². The Bertz CT molecular complexity index is 864. The molecule has 174 valence electrons. The summed E-state index contributed by atoms with van der Waals surface area (Å²) in [4.78, 5) is 27.3. The summed E-state index contributed by atoms with van der Waals surface area (Å²) in [6.45, 7) is 9.98. The minimum absolute atomic E-state index is 0.203. The third-order valence-electron chi connectivity index (χ3n) is 7.47. The third-order valence-corrected chi connectivity index (χ3v) is 7.47. The normalized spacial score (nSPS) is 27.6. The quantitative estimate of drug-likeness (QED) is 0.638. The number of hydrogen-bond donors (Lipinski definition) is 1. The molecule has 32 heavy (non-hydrogen) atoms. The van der Waals surface area contributed by atoms with Crippen LogP contribution in [-0.2, 0) is 16.1 Å². The van der Waals surface area contributed by atoms with Crippen LogP contribution in [0.5, 0.6) is 0 Å². The predicted molar refractivity (Wildman–Crippen MR) is 126 cm³/mol. The van der Waals surface area contributed by atoms with Gasteiger partial charge < -0.3 is 15.0 Å². The molecule has 2 amide bonds. The van der Waals surface area contributed by atoms with Crippen LogP contribution in [0.2, 0.25) is 0 Å². The molecule has 0 spiro atoms. The molecule has 2 aliphatic carbocycles. The van der Waals surface area contributed by atoms with Gasteiger partial charge in [0.25, 0.3) is 0 Å². The number of hydrogen-bond acceptors (Lipinski definition) is 3. The van der Waals surface area contributed by atoms with Crippen LogP contribution in [0.4, 0.5) is 4.79 Å². The molecule has 1 N–H and O–H groups in total. The minimum atomic E-state index is -0.497. The second-order valence-electron chi connectivity index (χ2n) is 10.8. The van der Waals surface area contributed by atoms with E-state index >= 15 is 0 Å². The molecule has 1 saturated heterocycles. The number of piperidine rings is 1. The summed E-state index contributed by atoms with van der Waals surface area (Å²) in [5.74, 6) is 2.86. The summed E-state index contributed by atoms with van der Waals surface area (Å²) in [5.41, 5.74) is 1.88. The number of carbonyl (C=O) groups is 2. The molecular weight excluding hydrogens is 400 g/mol. The fraction of sp³-hybridized carbons (Fsp3) is 0.630. The van der Waals surface area contributed by atoms with E-state index in [9.17, 15) is 9.59 Å². The number of amides is 2. The maximum Gasteiger partial charge on any atom is 0.407 e. The van der Waals surface area contributed by atoms with E-state index in [4.69, 9.17) is 4.74 Å². The van der Waals surface area contributed by atoms with E-state index in [2.05, 4.69) is 47.5 Å². The minimum Gasteiger partial charge on any atom is -0.444 e.